The maximum atomic E-state index is 11.7. The molecule has 0 aliphatic carbocycles. The summed E-state index contributed by atoms with van der Waals surface area (Å²) in [5, 5.41) is 0. The van der Waals surface area contributed by atoms with E-state index in [0.29, 0.717) is 19.6 Å². The summed E-state index contributed by atoms with van der Waals surface area (Å²) < 4.78 is 10.9. The SMILES string of the molecule is CC(C)C(=O)Cc1cccc(C2OCCO2)c1. The lowest BCUT2D eigenvalue weighted by atomic mass is 9.99. The van der Waals surface area contributed by atoms with Crippen LogP contribution < -0.4 is 0 Å². The first kappa shape index (κ1) is 12.3. The maximum absolute atomic E-state index is 11.7. The molecule has 1 aromatic carbocycles. The third-order valence-corrected chi connectivity index (χ3v) is 2.87. The van der Waals surface area contributed by atoms with Crippen molar-refractivity contribution in [2.75, 3.05) is 13.2 Å². The van der Waals surface area contributed by atoms with Crippen LogP contribution in [-0.2, 0) is 20.7 Å². The molecule has 1 heterocycles. The molecule has 92 valence electrons. The van der Waals surface area contributed by atoms with Crippen molar-refractivity contribution < 1.29 is 14.3 Å². The van der Waals surface area contributed by atoms with Crippen LogP contribution in [0.4, 0.5) is 0 Å². The van der Waals surface area contributed by atoms with E-state index in [2.05, 4.69) is 0 Å². The van der Waals surface area contributed by atoms with E-state index >= 15 is 0 Å². The standard InChI is InChI=1S/C14H18O3/c1-10(2)13(15)9-11-4-3-5-12(8-11)14-16-6-7-17-14/h3-5,8,10,14H,6-7,9H2,1-2H3. The third kappa shape index (κ3) is 3.14. The summed E-state index contributed by atoms with van der Waals surface area (Å²) in [5.74, 6) is 0.341. The fourth-order valence-electron chi connectivity index (χ4n) is 1.81. The predicted octanol–water partition coefficient (Wildman–Crippen LogP) is 2.50. The molecule has 1 fully saturated rings. The first-order valence-electron chi connectivity index (χ1n) is 6.01. The molecule has 2 rings (SSSR count). The van der Waals surface area contributed by atoms with Crippen LogP contribution in [0.1, 0.15) is 31.3 Å². The minimum atomic E-state index is -0.260. The third-order valence-electron chi connectivity index (χ3n) is 2.87. The smallest absolute Gasteiger partial charge is 0.184 e. The van der Waals surface area contributed by atoms with Crippen LogP contribution in [0.25, 0.3) is 0 Å². The number of carbonyl (C=O) groups is 1. The monoisotopic (exact) mass is 234 g/mol. The van der Waals surface area contributed by atoms with Crippen LogP contribution >= 0.6 is 0 Å². The summed E-state index contributed by atoms with van der Waals surface area (Å²) in [6.45, 7) is 5.13. The molecule has 0 spiro atoms. The normalized spacial score (nSPS) is 16.6. The topological polar surface area (TPSA) is 35.5 Å². The molecule has 0 bridgehead atoms. The molecular weight excluding hydrogens is 216 g/mol. The van der Waals surface area contributed by atoms with Gasteiger partial charge in [-0.25, -0.2) is 0 Å². The number of hydrogen-bond donors (Lipinski definition) is 0. The van der Waals surface area contributed by atoms with Gasteiger partial charge in [-0.15, -0.1) is 0 Å². The van der Waals surface area contributed by atoms with E-state index in [0.717, 1.165) is 11.1 Å². The van der Waals surface area contributed by atoms with Gasteiger partial charge in [0.25, 0.3) is 0 Å². The highest BCUT2D eigenvalue weighted by Gasteiger charge is 2.18. The summed E-state index contributed by atoms with van der Waals surface area (Å²) >= 11 is 0. The van der Waals surface area contributed by atoms with Gasteiger partial charge in [-0.1, -0.05) is 38.1 Å². The van der Waals surface area contributed by atoms with Gasteiger partial charge in [-0.3, -0.25) is 4.79 Å². The Morgan fingerprint density at radius 3 is 2.71 bits per heavy atom. The Labute approximate surface area is 102 Å². The molecule has 1 saturated heterocycles. The van der Waals surface area contributed by atoms with E-state index in [4.69, 9.17) is 9.47 Å². The average Bonchev–Trinajstić information content (AvgIpc) is 2.82. The second-order valence-corrected chi connectivity index (χ2v) is 4.62. The fraction of sp³-hybridized carbons (Fsp3) is 0.500. The fourth-order valence-corrected chi connectivity index (χ4v) is 1.81. The highest BCUT2D eigenvalue weighted by Crippen LogP contribution is 2.24. The van der Waals surface area contributed by atoms with Gasteiger partial charge in [0.2, 0.25) is 0 Å². The Morgan fingerprint density at radius 2 is 2.06 bits per heavy atom. The molecule has 0 N–H and O–H groups in total. The van der Waals surface area contributed by atoms with Crippen LogP contribution in [0.5, 0.6) is 0 Å². The van der Waals surface area contributed by atoms with Crippen molar-refractivity contribution in [3.8, 4) is 0 Å². The average molecular weight is 234 g/mol. The molecule has 0 atom stereocenters. The van der Waals surface area contributed by atoms with E-state index < -0.39 is 0 Å². The van der Waals surface area contributed by atoms with Gasteiger partial charge in [-0.2, -0.15) is 0 Å². The zero-order valence-corrected chi connectivity index (χ0v) is 10.3. The summed E-state index contributed by atoms with van der Waals surface area (Å²) in [4.78, 5) is 11.7. The zero-order valence-electron chi connectivity index (χ0n) is 10.3. The number of benzene rings is 1. The number of hydrogen-bond acceptors (Lipinski definition) is 3. The van der Waals surface area contributed by atoms with E-state index in [1.807, 2.05) is 38.1 Å². The van der Waals surface area contributed by atoms with Crippen molar-refractivity contribution in [1.82, 2.24) is 0 Å². The second-order valence-electron chi connectivity index (χ2n) is 4.62. The zero-order chi connectivity index (χ0) is 12.3. The Balaban J connectivity index is 2.08. The Hall–Kier alpha value is -1.19. The van der Waals surface area contributed by atoms with Crippen LogP contribution in [-0.4, -0.2) is 19.0 Å². The van der Waals surface area contributed by atoms with Gasteiger partial charge >= 0.3 is 0 Å². The second kappa shape index (κ2) is 5.43. The quantitative estimate of drug-likeness (QED) is 0.803. The van der Waals surface area contributed by atoms with Crippen molar-refractivity contribution in [1.29, 1.82) is 0 Å². The highest BCUT2D eigenvalue weighted by atomic mass is 16.7. The van der Waals surface area contributed by atoms with Gasteiger partial charge in [0.05, 0.1) is 13.2 Å². The van der Waals surface area contributed by atoms with Crippen molar-refractivity contribution in [3.05, 3.63) is 35.4 Å². The van der Waals surface area contributed by atoms with E-state index in [1.165, 1.54) is 0 Å². The molecule has 0 amide bonds. The largest absolute Gasteiger partial charge is 0.346 e. The number of ether oxygens (including phenoxy) is 2. The van der Waals surface area contributed by atoms with Crippen LogP contribution in [0.15, 0.2) is 24.3 Å². The van der Waals surface area contributed by atoms with E-state index in [9.17, 15) is 4.79 Å². The van der Waals surface area contributed by atoms with E-state index in [-0.39, 0.29) is 18.0 Å². The van der Waals surface area contributed by atoms with Gasteiger partial charge < -0.3 is 9.47 Å². The van der Waals surface area contributed by atoms with Gasteiger partial charge in [0.1, 0.15) is 5.78 Å². The minimum absolute atomic E-state index is 0.0811. The lowest BCUT2D eigenvalue weighted by Crippen LogP contribution is -2.10. The lowest BCUT2D eigenvalue weighted by molar-refractivity contribution is -0.121. The molecule has 0 radical (unpaired) electrons. The van der Waals surface area contributed by atoms with Gasteiger partial charge in [0.15, 0.2) is 6.29 Å². The summed E-state index contributed by atoms with van der Waals surface area (Å²) in [6, 6.07) is 7.89. The molecule has 0 unspecified atom stereocenters. The molecule has 0 saturated carbocycles. The van der Waals surface area contributed by atoms with Crippen LogP contribution in [0.3, 0.4) is 0 Å². The molecule has 3 nitrogen and oxygen atoms in total. The molecule has 1 aromatic rings. The van der Waals surface area contributed by atoms with Gasteiger partial charge in [0, 0.05) is 17.9 Å². The highest BCUT2D eigenvalue weighted by molar-refractivity contribution is 5.82. The first-order valence-corrected chi connectivity index (χ1v) is 6.01. The van der Waals surface area contributed by atoms with E-state index in [1.54, 1.807) is 0 Å². The Kier molecular flexibility index (Phi) is 3.92. The first-order chi connectivity index (χ1) is 8.16. The maximum Gasteiger partial charge on any atom is 0.184 e. The number of carbonyl (C=O) groups excluding carboxylic acids is 1. The van der Waals surface area contributed by atoms with Crippen LogP contribution in [0, 0.1) is 5.92 Å². The summed E-state index contributed by atoms with van der Waals surface area (Å²) in [6.07, 6.45) is 0.224. The van der Waals surface area contributed by atoms with Crippen molar-refractivity contribution in [3.63, 3.8) is 0 Å². The van der Waals surface area contributed by atoms with Crippen molar-refractivity contribution in [2.45, 2.75) is 26.6 Å². The molecule has 17 heavy (non-hydrogen) atoms. The lowest BCUT2D eigenvalue weighted by Gasteiger charge is -2.11. The summed E-state index contributed by atoms with van der Waals surface area (Å²) in [5.41, 5.74) is 2.02. The van der Waals surface area contributed by atoms with Crippen molar-refractivity contribution >= 4 is 5.78 Å². The molecular formula is C14H18O3. The summed E-state index contributed by atoms with van der Waals surface area (Å²) in [7, 11) is 0. The number of Topliss-reactive ketones (excluding diaryl/α,β-unsaturated/α-hetero) is 1. The molecule has 1 aliphatic heterocycles. The molecule has 1 aliphatic rings. The predicted molar refractivity (Wildman–Crippen MR) is 64.6 cm³/mol. The Bertz CT molecular complexity index is 392. The van der Waals surface area contributed by atoms with Gasteiger partial charge in [-0.05, 0) is 5.56 Å². The Morgan fingerprint density at radius 1 is 1.35 bits per heavy atom. The molecule has 3 heteroatoms. The minimum Gasteiger partial charge on any atom is -0.346 e. The van der Waals surface area contributed by atoms with Crippen LogP contribution in [0.2, 0.25) is 0 Å². The van der Waals surface area contributed by atoms with Crippen molar-refractivity contribution in [2.24, 2.45) is 5.92 Å². The molecule has 0 aromatic heterocycles. The number of ketones is 1. The number of rotatable bonds is 4.